The van der Waals surface area contributed by atoms with E-state index in [-0.39, 0.29) is 0 Å². The summed E-state index contributed by atoms with van der Waals surface area (Å²) in [5.41, 5.74) is 1.87. The number of carbonyl (C=O) groups excluding carboxylic acids is 1. The van der Waals surface area contributed by atoms with Gasteiger partial charge in [-0.15, -0.1) is 0 Å². The molecular weight excluding hydrogens is 327 g/mol. The average Bonchev–Trinajstić information content (AvgIpc) is 2.95. The second kappa shape index (κ2) is 5.62. The number of methoxy groups -OCH3 is 1. The van der Waals surface area contributed by atoms with Crippen molar-refractivity contribution in [1.29, 1.82) is 0 Å². The van der Waals surface area contributed by atoms with E-state index in [0.29, 0.717) is 27.3 Å². The highest BCUT2D eigenvalue weighted by molar-refractivity contribution is 6.42. The second-order valence-corrected chi connectivity index (χ2v) is 5.57. The van der Waals surface area contributed by atoms with Crippen LogP contribution in [-0.2, 0) is 9.53 Å². The Morgan fingerprint density at radius 1 is 1.36 bits per heavy atom. The Labute approximate surface area is 136 Å². The smallest absolute Gasteiger partial charge is 0.338 e. The van der Waals surface area contributed by atoms with Gasteiger partial charge >= 0.3 is 5.97 Å². The van der Waals surface area contributed by atoms with Crippen molar-refractivity contribution in [3.05, 3.63) is 51.4 Å². The lowest BCUT2D eigenvalue weighted by atomic mass is 9.96. The van der Waals surface area contributed by atoms with Crippen molar-refractivity contribution in [1.82, 2.24) is 14.8 Å². The first-order valence-corrected chi connectivity index (χ1v) is 7.19. The van der Waals surface area contributed by atoms with Gasteiger partial charge in [0.1, 0.15) is 12.4 Å². The zero-order valence-corrected chi connectivity index (χ0v) is 13.3. The predicted octanol–water partition coefficient (Wildman–Crippen LogP) is 3.05. The minimum Gasteiger partial charge on any atom is -0.466 e. The van der Waals surface area contributed by atoms with Crippen LogP contribution in [0.3, 0.4) is 0 Å². The summed E-state index contributed by atoms with van der Waals surface area (Å²) in [7, 11) is 1.34. The summed E-state index contributed by atoms with van der Waals surface area (Å²) in [6.07, 6.45) is 1.42. The monoisotopic (exact) mass is 338 g/mol. The minimum absolute atomic E-state index is 0.404. The van der Waals surface area contributed by atoms with Crippen LogP contribution in [0.4, 0.5) is 5.95 Å². The van der Waals surface area contributed by atoms with Gasteiger partial charge in [0.15, 0.2) is 0 Å². The molecule has 0 radical (unpaired) electrons. The molecule has 1 aliphatic rings. The Morgan fingerprint density at radius 3 is 2.82 bits per heavy atom. The molecule has 2 aromatic rings. The number of halogens is 2. The Hall–Kier alpha value is -2.05. The summed E-state index contributed by atoms with van der Waals surface area (Å²) < 4.78 is 6.51. The van der Waals surface area contributed by atoms with E-state index >= 15 is 0 Å². The quantitative estimate of drug-likeness (QED) is 0.852. The number of esters is 1. The SMILES string of the molecule is COC(=O)C1=C(C)Nc2ncnn2[C@H]1c1ccc(Cl)c(Cl)c1. The highest BCUT2D eigenvalue weighted by Gasteiger charge is 2.34. The fourth-order valence-electron chi connectivity index (χ4n) is 2.46. The molecule has 1 aromatic carbocycles. The number of hydrogen-bond acceptors (Lipinski definition) is 5. The predicted molar refractivity (Wildman–Crippen MR) is 83.0 cm³/mol. The Kier molecular flexibility index (Phi) is 3.80. The molecule has 8 heteroatoms. The molecule has 114 valence electrons. The third-order valence-corrected chi connectivity index (χ3v) is 4.20. The molecule has 1 aromatic heterocycles. The molecule has 0 bridgehead atoms. The summed E-state index contributed by atoms with van der Waals surface area (Å²) in [5, 5.41) is 8.08. The maximum atomic E-state index is 12.2. The van der Waals surface area contributed by atoms with Crippen molar-refractivity contribution in [3.8, 4) is 0 Å². The summed E-state index contributed by atoms with van der Waals surface area (Å²) in [5.74, 6) is 0.100. The summed E-state index contributed by atoms with van der Waals surface area (Å²) in [6, 6.07) is 4.70. The van der Waals surface area contributed by atoms with E-state index in [4.69, 9.17) is 27.9 Å². The number of ether oxygens (including phenoxy) is 1. The largest absolute Gasteiger partial charge is 0.466 e. The number of carbonyl (C=O) groups is 1. The first kappa shape index (κ1) is 14.9. The van der Waals surface area contributed by atoms with E-state index in [1.807, 2.05) is 0 Å². The van der Waals surface area contributed by atoms with Gasteiger partial charge in [0, 0.05) is 5.70 Å². The average molecular weight is 339 g/mol. The molecule has 0 aliphatic carbocycles. The molecule has 0 unspecified atom stereocenters. The number of benzene rings is 1. The van der Waals surface area contributed by atoms with Crippen LogP contribution in [0.2, 0.25) is 10.0 Å². The van der Waals surface area contributed by atoms with Crippen molar-refractivity contribution < 1.29 is 9.53 Å². The van der Waals surface area contributed by atoms with Crippen molar-refractivity contribution in [2.45, 2.75) is 13.0 Å². The van der Waals surface area contributed by atoms with Crippen molar-refractivity contribution in [2.24, 2.45) is 0 Å². The van der Waals surface area contributed by atoms with Gasteiger partial charge in [0.2, 0.25) is 5.95 Å². The third-order valence-electron chi connectivity index (χ3n) is 3.46. The number of rotatable bonds is 2. The number of fused-ring (bicyclic) bond motifs is 1. The summed E-state index contributed by atoms with van der Waals surface area (Å²) >= 11 is 12.1. The number of allylic oxidation sites excluding steroid dienone is 1. The molecule has 0 saturated heterocycles. The van der Waals surface area contributed by atoms with Gasteiger partial charge in [-0.3, -0.25) is 0 Å². The normalized spacial score (nSPS) is 17.0. The van der Waals surface area contributed by atoms with Gasteiger partial charge in [0.05, 0.1) is 22.7 Å². The molecule has 3 rings (SSSR count). The molecule has 0 fully saturated rings. The Balaban J connectivity index is 2.20. The highest BCUT2D eigenvalue weighted by atomic mass is 35.5. The van der Waals surface area contributed by atoms with Crippen LogP contribution in [0, 0.1) is 0 Å². The minimum atomic E-state index is -0.485. The first-order valence-electron chi connectivity index (χ1n) is 6.43. The van der Waals surface area contributed by atoms with E-state index in [0.717, 1.165) is 5.56 Å². The summed E-state index contributed by atoms with van der Waals surface area (Å²) in [4.78, 5) is 16.3. The number of nitrogens with one attached hydrogen (secondary N) is 1. The number of hydrogen-bond donors (Lipinski definition) is 1. The van der Waals surface area contributed by atoms with Crippen LogP contribution < -0.4 is 5.32 Å². The van der Waals surface area contributed by atoms with Gasteiger partial charge in [0.25, 0.3) is 0 Å². The van der Waals surface area contributed by atoms with Crippen LogP contribution in [0.15, 0.2) is 35.8 Å². The van der Waals surface area contributed by atoms with Crippen LogP contribution in [0.5, 0.6) is 0 Å². The Morgan fingerprint density at radius 2 is 2.14 bits per heavy atom. The molecule has 0 spiro atoms. The summed E-state index contributed by atoms with van der Waals surface area (Å²) in [6.45, 7) is 1.79. The maximum Gasteiger partial charge on any atom is 0.338 e. The molecule has 1 atom stereocenters. The first-order chi connectivity index (χ1) is 10.5. The molecule has 1 aliphatic heterocycles. The van der Waals surface area contributed by atoms with Crippen molar-refractivity contribution >= 4 is 35.1 Å². The molecule has 0 amide bonds. The molecule has 2 heterocycles. The maximum absolute atomic E-state index is 12.2. The number of aromatic nitrogens is 3. The van der Waals surface area contributed by atoms with Crippen molar-refractivity contribution in [3.63, 3.8) is 0 Å². The fraction of sp³-hybridized carbons (Fsp3) is 0.214. The van der Waals surface area contributed by atoms with Crippen LogP contribution in [0.25, 0.3) is 0 Å². The standard InChI is InChI=1S/C14H12Cl2N4O2/c1-7-11(13(21)22-2)12(20-14(19-7)17-6-18-20)8-3-4-9(15)10(16)5-8/h3-6,12H,1-2H3,(H,17,18,19)/t12-/m0/s1. The number of anilines is 1. The van der Waals surface area contributed by atoms with E-state index in [9.17, 15) is 4.79 Å². The van der Waals surface area contributed by atoms with Crippen LogP contribution in [0.1, 0.15) is 18.5 Å². The van der Waals surface area contributed by atoms with Gasteiger partial charge < -0.3 is 10.1 Å². The third kappa shape index (κ3) is 2.34. The zero-order valence-electron chi connectivity index (χ0n) is 11.8. The Bertz CT molecular complexity index is 785. The molecule has 22 heavy (non-hydrogen) atoms. The molecule has 6 nitrogen and oxygen atoms in total. The molecule has 1 N–H and O–H groups in total. The van der Waals surface area contributed by atoms with Gasteiger partial charge in [-0.25, -0.2) is 9.48 Å². The van der Waals surface area contributed by atoms with E-state index in [1.54, 1.807) is 29.8 Å². The highest BCUT2D eigenvalue weighted by Crippen LogP contribution is 2.37. The lowest BCUT2D eigenvalue weighted by molar-refractivity contribution is -0.136. The lowest BCUT2D eigenvalue weighted by Gasteiger charge is -2.28. The fourth-order valence-corrected chi connectivity index (χ4v) is 2.76. The van der Waals surface area contributed by atoms with Gasteiger partial charge in [-0.05, 0) is 24.6 Å². The number of nitrogens with zero attached hydrogens (tertiary/aromatic N) is 3. The van der Waals surface area contributed by atoms with Crippen molar-refractivity contribution in [2.75, 3.05) is 12.4 Å². The van der Waals surface area contributed by atoms with E-state index in [1.165, 1.54) is 13.4 Å². The van der Waals surface area contributed by atoms with Gasteiger partial charge in [-0.1, -0.05) is 29.3 Å². The van der Waals surface area contributed by atoms with E-state index in [2.05, 4.69) is 15.4 Å². The van der Waals surface area contributed by atoms with Crippen LogP contribution in [-0.4, -0.2) is 27.8 Å². The molecule has 0 saturated carbocycles. The van der Waals surface area contributed by atoms with Gasteiger partial charge in [-0.2, -0.15) is 10.1 Å². The zero-order chi connectivity index (χ0) is 15.9. The second-order valence-electron chi connectivity index (χ2n) is 4.76. The van der Waals surface area contributed by atoms with E-state index < -0.39 is 12.0 Å². The lowest BCUT2D eigenvalue weighted by Crippen LogP contribution is -2.29. The molecular formula is C14H12Cl2N4O2. The topological polar surface area (TPSA) is 69.0 Å². The van der Waals surface area contributed by atoms with Crippen LogP contribution >= 0.6 is 23.2 Å².